The van der Waals surface area contributed by atoms with Gasteiger partial charge >= 0.3 is 0 Å². The number of rotatable bonds is 4. The average Bonchev–Trinajstić information content (AvgIpc) is 2.24. The smallest absolute Gasteiger partial charge is 0.261 e. The van der Waals surface area contributed by atoms with Gasteiger partial charge in [0.2, 0.25) is 0 Å². The SMILES string of the molecule is O=C(NCC1CCC1)c1cc(Br)cc(S(=O)(=O)Cl)c1. The average molecular weight is 367 g/mol. The van der Waals surface area contributed by atoms with Crippen LogP contribution in [0.1, 0.15) is 29.6 Å². The number of nitrogens with one attached hydrogen (secondary N) is 1. The van der Waals surface area contributed by atoms with E-state index in [1.165, 1.54) is 18.6 Å². The Morgan fingerprint density at radius 3 is 2.58 bits per heavy atom. The van der Waals surface area contributed by atoms with Gasteiger partial charge in [0.25, 0.3) is 15.0 Å². The van der Waals surface area contributed by atoms with Crippen molar-refractivity contribution in [2.75, 3.05) is 6.54 Å². The molecular weight excluding hydrogens is 354 g/mol. The molecule has 0 aliphatic heterocycles. The van der Waals surface area contributed by atoms with Crippen molar-refractivity contribution in [3.8, 4) is 0 Å². The van der Waals surface area contributed by atoms with Crippen LogP contribution in [0.4, 0.5) is 0 Å². The fourth-order valence-corrected chi connectivity index (χ4v) is 3.32. The molecule has 4 nitrogen and oxygen atoms in total. The van der Waals surface area contributed by atoms with Crippen LogP contribution in [0.3, 0.4) is 0 Å². The van der Waals surface area contributed by atoms with Crippen LogP contribution in [-0.2, 0) is 9.05 Å². The lowest BCUT2D eigenvalue weighted by Gasteiger charge is -2.25. The minimum Gasteiger partial charge on any atom is -0.352 e. The number of carbonyl (C=O) groups excluding carboxylic acids is 1. The Bertz CT molecular complexity index is 599. The predicted molar refractivity (Wildman–Crippen MR) is 76.9 cm³/mol. The molecule has 0 unspecified atom stereocenters. The van der Waals surface area contributed by atoms with E-state index >= 15 is 0 Å². The van der Waals surface area contributed by atoms with Gasteiger partial charge in [-0.3, -0.25) is 4.79 Å². The Kier molecular flexibility index (Phi) is 4.53. The molecule has 1 saturated carbocycles. The van der Waals surface area contributed by atoms with Crippen LogP contribution in [-0.4, -0.2) is 20.9 Å². The van der Waals surface area contributed by atoms with Crippen molar-refractivity contribution in [1.29, 1.82) is 0 Å². The zero-order valence-corrected chi connectivity index (χ0v) is 13.2. The second kappa shape index (κ2) is 5.81. The minimum absolute atomic E-state index is 0.0858. The zero-order chi connectivity index (χ0) is 14.0. The van der Waals surface area contributed by atoms with E-state index in [9.17, 15) is 13.2 Å². The molecule has 1 aromatic carbocycles. The lowest BCUT2D eigenvalue weighted by molar-refractivity contribution is 0.0939. The van der Waals surface area contributed by atoms with Gasteiger partial charge in [0.1, 0.15) is 0 Å². The summed E-state index contributed by atoms with van der Waals surface area (Å²) in [7, 11) is 1.44. The summed E-state index contributed by atoms with van der Waals surface area (Å²) in [6.45, 7) is 0.633. The molecule has 1 aromatic rings. The van der Waals surface area contributed by atoms with Gasteiger partial charge in [-0.2, -0.15) is 0 Å². The number of hydrogen-bond acceptors (Lipinski definition) is 3. The Hall–Kier alpha value is -0.590. The Labute approximate surface area is 125 Å². The quantitative estimate of drug-likeness (QED) is 0.833. The van der Waals surface area contributed by atoms with Crippen LogP contribution < -0.4 is 5.32 Å². The topological polar surface area (TPSA) is 63.2 Å². The summed E-state index contributed by atoms with van der Waals surface area (Å²) >= 11 is 3.18. The van der Waals surface area contributed by atoms with E-state index in [0.717, 1.165) is 12.8 Å². The molecular formula is C12H13BrClNO3S. The number of halogens is 2. The molecule has 0 saturated heterocycles. The van der Waals surface area contributed by atoms with E-state index in [4.69, 9.17) is 10.7 Å². The standard InChI is InChI=1S/C12H13BrClNO3S/c13-10-4-9(5-11(6-10)19(14,17)18)12(16)15-7-8-2-1-3-8/h4-6,8H,1-3,7H2,(H,15,16). The summed E-state index contributed by atoms with van der Waals surface area (Å²) in [5.74, 6) is 0.266. The molecule has 0 heterocycles. The van der Waals surface area contributed by atoms with Crippen molar-refractivity contribution in [3.05, 3.63) is 28.2 Å². The van der Waals surface area contributed by atoms with Gasteiger partial charge in [-0.15, -0.1) is 0 Å². The first-order valence-electron chi connectivity index (χ1n) is 5.90. The molecule has 7 heteroatoms. The maximum Gasteiger partial charge on any atom is 0.261 e. The highest BCUT2D eigenvalue weighted by atomic mass is 79.9. The summed E-state index contributed by atoms with van der Waals surface area (Å²) in [4.78, 5) is 11.9. The summed E-state index contributed by atoms with van der Waals surface area (Å²) in [5.41, 5.74) is 0.285. The molecule has 1 fully saturated rings. The second-order valence-electron chi connectivity index (χ2n) is 4.62. The van der Waals surface area contributed by atoms with Crippen LogP contribution in [0.2, 0.25) is 0 Å². The molecule has 1 N–H and O–H groups in total. The van der Waals surface area contributed by atoms with Crippen molar-refractivity contribution in [2.45, 2.75) is 24.2 Å². The van der Waals surface area contributed by atoms with Crippen molar-refractivity contribution < 1.29 is 13.2 Å². The van der Waals surface area contributed by atoms with Gasteiger partial charge in [-0.05, 0) is 37.0 Å². The molecule has 0 spiro atoms. The van der Waals surface area contributed by atoms with Gasteiger partial charge < -0.3 is 5.32 Å². The van der Waals surface area contributed by atoms with Crippen LogP contribution >= 0.6 is 26.6 Å². The Balaban J connectivity index is 2.14. The fourth-order valence-electron chi connectivity index (χ4n) is 1.87. The lowest BCUT2D eigenvalue weighted by atomic mass is 9.85. The molecule has 0 aromatic heterocycles. The highest BCUT2D eigenvalue weighted by Gasteiger charge is 2.19. The maximum atomic E-state index is 12.0. The zero-order valence-electron chi connectivity index (χ0n) is 10.0. The Morgan fingerprint density at radius 1 is 1.37 bits per heavy atom. The normalized spacial score (nSPS) is 15.9. The molecule has 1 aliphatic carbocycles. The number of benzene rings is 1. The summed E-state index contributed by atoms with van der Waals surface area (Å²) in [6.07, 6.45) is 3.49. The van der Waals surface area contributed by atoms with Gasteiger partial charge in [0.15, 0.2) is 0 Å². The van der Waals surface area contributed by atoms with Crippen LogP contribution in [0.25, 0.3) is 0 Å². The first kappa shape index (κ1) is 14.8. The third-order valence-corrected chi connectivity index (χ3v) is 4.98. The lowest BCUT2D eigenvalue weighted by Crippen LogP contribution is -2.32. The minimum atomic E-state index is -3.84. The van der Waals surface area contributed by atoms with E-state index in [1.807, 2.05) is 0 Å². The van der Waals surface area contributed by atoms with Crippen LogP contribution in [0.5, 0.6) is 0 Å². The van der Waals surface area contributed by atoms with E-state index < -0.39 is 9.05 Å². The first-order chi connectivity index (χ1) is 8.86. The fraction of sp³-hybridized carbons (Fsp3) is 0.417. The highest BCUT2D eigenvalue weighted by molar-refractivity contribution is 9.10. The van der Waals surface area contributed by atoms with Gasteiger partial charge in [-0.1, -0.05) is 22.4 Å². The number of carbonyl (C=O) groups is 1. The van der Waals surface area contributed by atoms with Crippen LogP contribution in [0, 0.1) is 5.92 Å². The predicted octanol–water partition coefficient (Wildman–Crippen LogP) is 2.91. The summed E-state index contributed by atoms with van der Waals surface area (Å²) in [6, 6.07) is 4.22. The third-order valence-electron chi connectivity index (χ3n) is 3.19. The monoisotopic (exact) mass is 365 g/mol. The van der Waals surface area contributed by atoms with Crippen molar-refractivity contribution in [3.63, 3.8) is 0 Å². The largest absolute Gasteiger partial charge is 0.352 e. The van der Waals surface area contributed by atoms with Gasteiger partial charge in [0.05, 0.1) is 4.90 Å². The number of amides is 1. The molecule has 19 heavy (non-hydrogen) atoms. The van der Waals surface area contributed by atoms with Gasteiger partial charge in [-0.25, -0.2) is 8.42 Å². The molecule has 0 radical (unpaired) electrons. The molecule has 1 amide bonds. The van der Waals surface area contributed by atoms with Crippen molar-refractivity contribution >= 4 is 41.6 Å². The molecule has 1 aliphatic rings. The van der Waals surface area contributed by atoms with Crippen LogP contribution in [0.15, 0.2) is 27.6 Å². The maximum absolute atomic E-state index is 12.0. The third kappa shape index (κ3) is 3.94. The number of hydrogen-bond donors (Lipinski definition) is 1. The summed E-state index contributed by atoms with van der Waals surface area (Å²) in [5, 5.41) is 2.81. The van der Waals surface area contributed by atoms with Gasteiger partial charge in [0, 0.05) is 27.3 Å². The molecule has 0 bridgehead atoms. The van der Waals surface area contributed by atoms with E-state index in [2.05, 4.69) is 21.2 Å². The highest BCUT2D eigenvalue weighted by Crippen LogP contribution is 2.26. The second-order valence-corrected chi connectivity index (χ2v) is 8.10. The van der Waals surface area contributed by atoms with E-state index in [0.29, 0.717) is 16.9 Å². The molecule has 104 valence electrons. The summed E-state index contributed by atoms with van der Waals surface area (Å²) < 4.78 is 23.1. The van der Waals surface area contributed by atoms with E-state index in [1.54, 1.807) is 6.07 Å². The molecule has 0 atom stereocenters. The Morgan fingerprint density at radius 2 is 2.05 bits per heavy atom. The van der Waals surface area contributed by atoms with Crippen molar-refractivity contribution in [1.82, 2.24) is 5.32 Å². The van der Waals surface area contributed by atoms with Crippen molar-refractivity contribution in [2.24, 2.45) is 5.92 Å². The molecule has 2 rings (SSSR count). The van der Waals surface area contributed by atoms with E-state index in [-0.39, 0.29) is 16.4 Å². The first-order valence-corrected chi connectivity index (χ1v) is 9.00.